The summed E-state index contributed by atoms with van der Waals surface area (Å²) in [6, 6.07) is 0. The first kappa shape index (κ1) is 18.4. The van der Waals surface area contributed by atoms with Crippen molar-refractivity contribution in [1.29, 1.82) is 0 Å². The van der Waals surface area contributed by atoms with E-state index < -0.39 is 10.0 Å². The van der Waals surface area contributed by atoms with Gasteiger partial charge in [-0.1, -0.05) is 6.92 Å². The molecule has 1 fully saturated rings. The van der Waals surface area contributed by atoms with Crippen molar-refractivity contribution in [1.82, 2.24) is 18.8 Å². The molecule has 0 spiro atoms. The molecule has 140 valence electrons. The number of aryl methyl sites for hydroxylation is 2. The predicted octanol–water partition coefficient (Wildman–Crippen LogP) is 1.24. The molecule has 8 heteroatoms. The fourth-order valence-electron chi connectivity index (χ4n) is 3.53. The molecule has 0 radical (unpaired) electrons. The van der Waals surface area contributed by atoms with Crippen LogP contribution in [0.15, 0.2) is 6.20 Å². The number of fused-ring (bicyclic) bond motifs is 1. The monoisotopic (exact) mass is 368 g/mol. The van der Waals surface area contributed by atoms with Gasteiger partial charge in [0.2, 0.25) is 15.9 Å². The van der Waals surface area contributed by atoms with E-state index in [1.807, 2.05) is 6.20 Å². The van der Waals surface area contributed by atoms with Crippen molar-refractivity contribution < 1.29 is 13.2 Å². The van der Waals surface area contributed by atoms with Crippen LogP contribution < -0.4 is 0 Å². The maximum absolute atomic E-state index is 12.5. The van der Waals surface area contributed by atoms with Crippen molar-refractivity contribution in [2.24, 2.45) is 5.92 Å². The van der Waals surface area contributed by atoms with Gasteiger partial charge in [-0.3, -0.25) is 4.79 Å². The van der Waals surface area contributed by atoms with Crippen LogP contribution in [0.2, 0.25) is 0 Å². The zero-order valence-corrected chi connectivity index (χ0v) is 16.0. The quantitative estimate of drug-likeness (QED) is 0.784. The first-order chi connectivity index (χ1) is 11.8. The van der Waals surface area contributed by atoms with Crippen molar-refractivity contribution in [3.8, 4) is 0 Å². The van der Waals surface area contributed by atoms with Gasteiger partial charge in [0.25, 0.3) is 0 Å². The standard InChI is InChI=1S/C17H28N4O3S/c1-14-6-9-19(10-7-14)17(22)13-21(25(2,23)24)12-15-11-20-8-4-3-5-16(20)18-15/h11,14H,3-10,12-13H2,1-2H3. The van der Waals surface area contributed by atoms with Crippen molar-refractivity contribution in [2.75, 3.05) is 25.9 Å². The Balaban J connectivity index is 1.68. The Morgan fingerprint density at radius 3 is 2.64 bits per heavy atom. The maximum Gasteiger partial charge on any atom is 0.237 e. The number of carbonyl (C=O) groups is 1. The molecule has 0 N–H and O–H groups in total. The summed E-state index contributed by atoms with van der Waals surface area (Å²) in [5.74, 6) is 1.54. The molecule has 0 unspecified atom stereocenters. The molecule has 1 aromatic rings. The number of likely N-dealkylation sites (tertiary alicyclic amines) is 1. The van der Waals surface area contributed by atoms with E-state index in [1.54, 1.807) is 4.90 Å². The van der Waals surface area contributed by atoms with Crippen molar-refractivity contribution in [3.05, 3.63) is 17.7 Å². The Morgan fingerprint density at radius 2 is 2.00 bits per heavy atom. The fraction of sp³-hybridized carbons (Fsp3) is 0.765. The summed E-state index contributed by atoms with van der Waals surface area (Å²) in [5.41, 5.74) is 0.724. The number of imidazole rings is 1. The van der Waals surface area contributed by atoms with Crippen LogP contribution in [0.25, 0.3) is 0 Å². The first-order valence-electron chi connectivity index (χ1n) is 9.11. The highest BCUT2D eigenvalue weighted by Crippen LogP contribution is 2.18. The van der Waals surface area contributed by atoms with E-state index in [0.29, 0.717) is 5.92 Å². The van der Waals surface area contributed by atoms with Gasteiger partial charge in [0, 0.05) is 32.3 Å². The number of sulfonamides is 1. The molecule has 1 saturated heterocycles. The number of nitrogens with zero attached hydrogens (tertiary/aromatic N) is 4. The van der Waals surface area contributed by atoms with E-state index in [1.165, 1.54) is 4.31 Å². The Kier molecular flexibility index (Phi) is 5.48. The number of hydrogen-bond acceptors (Lipinski definition) is 4. The lowest BCUT2D eigenvalue weighted by Crippen LogP contribution is -2.45. The van der Waals surface area contributed by atoms with E-state index >= 15 is 0 Å². The molecule has 2 aliphatic rings. The molecule has 0 bridgehead atoms. The van der Waals surface area contributed by atoms with Gasteiger partial charge >= 0.3 is 0 Å². The average Bonchev–Trinajstić information content (AvgIpc) is 2.96. The Morgan fingerprint density at radius 1 is 1.28 bits per heavy atom. The highest BCUT2D eigenvalue weighted by molar-refractivity contribution is 7.88. The normalized spacial score (nSPS) is 19.2. The van der Waals surface area contributed by atoms with E-state index in [-0.39, 0.29) is 19.0 Å². The van der Waals surface area contributed by atoms with Gasteiger partial charge in [-0.15, -0.1) is 0 Å². The van der Waals surface area contributed by atoms with Crippen LogP contribution in [0.3, 0.4) is 0 Å². The Labute approximate surface area is 150 Å². The molecule has 1 amide bonds. The van der Waals surface area contributed by atoms with Gasteiger partial charge in [0.15, 0.2) is 0 Å². The Hall–Kier alpha value is -1.41. The van der Waals surface area contributed by atoms with Crippen molar-refractivity contribution in [3.63, 3.8) is 0 Å². The second kappa shape index (κ2) is 7.45. The topological polar surface area (TPSA) is 75.5 Å². The smallest absolute Gasteiger partial charge is 0.237 e. The molecule has 25 heavy (non-hydrogen) atoms. The first-order valence-corrected chi connectivity index (χ1v) is 11.0. The molecule has 0 saturated carbocycles. The van der Waals surface area contributed by atoms with Crippen LogP contribution >= 0.6 is 0 Å². The van der Waals surface area contributed by atoms with Crippen LogP contribution in [0.1, 0.15) is 44.1 Å². The zero-order valence-electron chi connectivity index (χ0n) is 15.1. The number of rotatable bonds is 5. The molecule has 3 rings (SSSR count). The van der Waals surface area contributed by atoms with Crippen LogP contribution in [0.4, 0.5) is 0 Å². The molecule has 7 nitrogen and oxygen atoms in total. The number of amides is 1. The van der Waals surface area contributed by atoms with Crippen LogP contribution in [-0.4, -0.2) is 59.0 Å². The Bertz CT molecular complexity index is 697. The lowest BCUT2D eigenvalue weighted by atomic mass is 9.99. The van der Waals surface area contributed by atoms with Crippen LogP contribution in [0.5, 0.6) is 0 Å². The summed E-state index contributed by atoms with van der Waals surface area (Å²) in [6.45, 7) is 4.62. The van der Waals surface area contributed by atoms with Crippen LogP contribution in [-0.2, 0) is 34.3 Å². The second-order valence-electron chi connectivity index (χ2n) is 7.39. The summed E-state index contributed by atoms with van der Waals surface area (Å²) in [4.78, 5) is 18.9. The van der Waals surface area contributed by atoms with Gasteiger partial charge in [-0.05, 0) is 31.6 Å². The predicted molar refractivity (Wildman–Crippen MR) is 95.4 cm³/mol. The third kappa shape index (κ3) is 4.61. The van der Waals surface area contributed by atoms with Crippen molar-refractivity contribution in [2.45, 2.75) is 52.1 Å². The molecule has 0 aromatic carbocycles. The molecule has 0 aliphatic carbocycles. The van der Waals surface area contributed by atoms with E-state index in [0.717, 1.165) is 69.5 Å². The third-order valence-corrected chi connectivity index (χ3v) is 6.41. The minimum Gasteiger partial charge on any atom is -0.342 e. The van der Waals surface area contributed by atoms with Crippen LogP contribution in [0, 0.1) is 5.92 Å². The largest absolute Gasteiger partial charge is 0.342 e. The summed E-state index contributed by atoms with van der Waals surface area (Å²) in [6.07, 6.45) is 8.25. The number of piperidine rings is 1. The molecule has 1 aromatic heterocycles. The lowest BCUT2D eigenvalue weighted by molar-refractivity contribution is -0.132. The van der Waals surface area contributed by atoms with E-state index in [4.69, 9.17) is 0 Å². The summed E-state index contributed by atoms with van der Waals surface area (Å²) in [5, 5.41) is 0. The SMILES string of the molecule is CC1CCN(C(=O)CN(Cc2cn3c(n2)CCCC3)S(C)(=O)=O)CC1. The number of carbonyl (C=O) groups excluding carboxylic acids is 1. The molecule has 3 heterocycles. The minimum atomic E-state index is -3.47. The molecule has 2 aliphatic heterocycles. The van der Waals surface area contributed by atoms with Gasteiger partial charge in [-0.25, -0.2) is 13.4 Å². The van der Waals surface area contributed by atoms with Gasteiger partial charge < -0.3 is 9.47 Å². The van der Waals surface area contributed by atoms with E-state index in [2.05, 4.69) is 16.5 Å². The highest BCUT2D eigenvalue weighted by atomic mass is 32.2. The van der Waals surface area contributed by atoms with Gasteiger partial charge in [-0.2, -0.15) is 4.31 Å². The minimum absolute atomic E-state index is 0.102. The summed E-state index contributed by atoms with van der Waals surface area (Å²) < 4.78 is 27.7. The summed E-state index contributed by atoms with van der Waals surface area (Å²) >= 11 is 0. The highest BCUT2D eigenvalue weighted by Gasteiger charge is 2.27. The molecular formula is C17H28N4O3S. The zero-order chi connectivity index (χ0) is 18.0. The fourth-order valence-corrected chi connectivity index (χ4v) is 4.24. The molecule has 0 atom stereocenters. The number of hydrogen-bond donors (Lipinski definition) is 0. The van der Waals surface area contributed by atoms with Gasteiger partial charge in [0.1, 0.15) is 5.82 Å². The van der Waals surface area contributed by atoms with Gasteiger partial charge in [0.05, 0.1) is 25.0 Å². The number of aromatic nitrogens is 2. The third-order valence-electron chi connectivity index (χ3n) is 5.21. The average molecular weight is 369 g/mol. The second-order valence-corrected chi connectivity index (χ2v) is 9.38. The molecular weight excluding hydrogens is 340 g/mol. The summed E-state index contributed by atoms with van der Waals surface area (Å²) in [7, 11) is -3.47. The maximum atomic E-state index is 12.5. The van der Waals surface area contributed by atoms with Crippen molar-refractivity contribution >= 4 is 15.9 Å². The van der Waals surface area contributed by atoms with E-state index in [9.17, 15) is 13.2 Å². The lowest BCUT2D eigenvalue weighted by Gasteiger charge is -2.31.